The van der Waals surface area contributed by atoms with E-state index in [4.69, 9.17) is 14.5 Å². The van der Waals surface area contributed by atoms with Crippen LogP contribution in [0.25, 0.3) is 11.0 Å². The highest BCUT2D eigenvalue weighted by Gasteiger charge is 2.25. The Labute approximate surface area is 184 Å². The van der Waals surface area contributed by atoms with Crippen LogP contribution in [-0.4, -0.2) is 34.0 Å². The van der Waals surface area contributed by atoms with E-state index >= 15 is 0 Å². The average Bonchev–Trinajstić information content (AvgIpc) is 3.40. The number of ether oxygens (including phenoxy) is 2. The highest BCUT2D eigenvalue weighted by atomic mass is 35.5. The normalized spacial score (nSPS) is 18.2. The fraction of sp³-hybridized carbons (Fsp3) is 0.458. The number of imidazole rings is 1. The van der Waals surface area contributed by atoms with Gasteiger partial charge in [-0.2, -0.15) is 0 Å². The van der Waals surface area contributed by atoms with Gasteiger partial charge in [-0.25, -0.2) is 4.98 Å². The molecule has 0 saturated carbocycles. The van der Waals surface area contributed by atoms with Crippen LogP contribution in [0.5, 0.6) is 5.75 Å². The fourth-order valence-electron chi connectivity index (χ4n) is 4.00. The molecule has 1 fully saturated rings. The third kappa shape index (κ3) is 4.80. The molecule has 1 aliphatic rings. The standard InChI is InChI=1S/C24H30N2O3.ClH/c1-3-17(2)19-9-4-7-12-22(19)29-16-18(27)15-26-21-11-6-5-10-20(21)25-24(26)23-13-8-14-28-23;/h4-7,9-12,17-18,23,27H,3,8,13-16H2,1-2H3;1H. The van der Waals surface area contributed by atoms with Gasteiger partial charge >= 0.3 is 0 Å². The van der Waals surface area contributed by atoms with Crippen molar-refractivity contribution in [1.29, 1.82) is 0 Å². The summed E-state index contributed by atoms with van der Waals surface area (Å²) in [4.78, 5) is 4.80. The quantitative estimate of drug-likeness (QED) is 0.529. The molecular formula is C24H31ClN2O3. The van der Waals surface area contributed by atoms with Crippen molar-refractivity contribution in [2.24, 2.45) is 0 Å². The Bertz CT molecular complexity index is 953. The Morgan fingerprint density at radius 2 is 1.97 bits per heavy atom. The third-order valence-corrected chi connectivity index (χ3v) is 5.79. The molecule has 6 heteroatoms. The summed E-state index contributed by atoms with van der Waals surface area (Å²) in [6, 6.07) is 16.2. The highest BCUT2D eigenvalue weighted by molar-refractivity contribution is 5.85. The van der Waals surface area contributed by atoms with Gasteiger partial charge in [-0.1, -0.05) is 44.2 Å². The van der Waals surface area contributed by atoms with Crippen LogP contribution in [-0.2, 0) is 11.3 Å². The Balaban J connectivity index is 0.00000256. The van der Waals surface area contributed by atoms with E-state index in [0.717, 1.165) is 48.5 Å². The molecule has 0 bridgehead atoms. The number of nitrogens with zero attached hydrogens (tertiary/aromatic N) is 2. The molecule has 2 aromatic carbocycles. The molecule has 1 aromatic heterocycles. The molecule has 3 aromatic rings. The molecule has 3 atom stereocenters. The third-order valence-electron chi connectivity index (χ3n) is 5.79. The fourth-order valence-corrected chi connectivity index (χ4v) is 4.00. The minimum atomic E-state index is -0.641. The maximum Gasteiger partial charge on any atom is 0.139 e. The maximum absolute atomic E-state index is 10.8. The summed E-state index contributed by atoms with van der Waals surface area (Å²) < 4.78 is 14.0. The van der Waals surface area contributed by atoms with Crippen molar-refractivity contribution in [3.63, 3.8) is 0 Å². The molecule has 1 aliphatic heterocycles. The molecule has 1 saturated heterocycles. The molecule has 162 valence electrons. The van der Waals surface area contributed by atoms with E-state index in [2.05, 4.69) is 24.5 Å². The molecule has 0 amide bonds. The van der Waals surface area contributed by atoms with Gasteiger partial charge in [0.25, 0.3) is 0 Å². The molecule has 1 N–H and O–H groups in total. The molecule has 0 aliphatic carbocycles. The van der Waals surface area contributed by atoms with Crippen molar-refractivity contribution in [2.75, 3.05) is 13.2 Å². The van der Waals surface area contributed by atoms with Crippen LogP contribution in [0, 0.1) is 0 Å². The van der Waals surface area contributed by atoms with E-state index < -0.39 is 6.10 Å². The van der Waals surface area contributed by atoms with Crippen LogP contribution in [0.15, 0.2) is 48.5 Å². The van der Waals surface area contributed by atoms with E-state index in [9.17, 15) is 5.11 Å². The number of halogens is 1. The summed E-state index contributed by atoms with van der Waals surface area (Å²) in [5.74, 6) is 2.19. The van der Waals surface area contributed by atoms with Gasteiger partial charge in [0, 0.05) is 6.61 Å². The molecule has 5 nitrogen and oxygen atoms in total. The number of para-hydroxylation sites is 3. The predicted molar refractivity (Wildman–Crippen MR) is 122 cm³/mol. The van der Waals surface area contributed by atoms with Crippen LogP contribution in [0.2, 0.25) is 0 Å². The van der Waals surface area contributed by atoms with Gasteiger partial charge < -0.3 is 19.1 Å². The molecule has 2 heterocycles. The zero-order valence-corrected chi connectivity index (χ0v) is 18.5. The lowest BCUT2D eigenvalue weighted by Gasteiger charge is -2.20. The van der Waals surface area contributed by atoms with Crippen LogP contribution in [0.4, 0.5) is 0 Å². The molecule has 0 spiro atoms. The number of aliphatic hydroxyl groups excluding tert-OH is 1. The van der Waals surface area contributed by atoms with Gasteiger partial charge in [0.2, 0.25) is 0 Å². The van der Waals surface area contributed by atoms with Crippen LogP contribution < -0.4 is 4.74 Å². The summed E-state index contributed by atoms with van der Waals surface area (Å²) >= 11 is 0. The second-order valence-electron chi connectivity index (χ2n) is 7.88. The van der Waals surface area contributed by atoms with Gasteiger partial charge in [0.1, 0.15) is 30.4 Å². The molecule has 0 radical (unpaired) electrons. The van der Waals surface area contributed by atoms with Crippen molar-refractivity contribution in [2.45, 2.75) is 57.8 Å². The smallest absolute Gasteiger partial charge is 0.139 e. The summed E-state index contributed by atoms with van der Waals surface area (Å²) in [6.45, 7) is 5.81. The number of hydrogen-bond donors (Lipinski definition) is 1. The lowest BCUT2D eigenvalue weighted by Crippen LogP contribution is -2.25. The van der Waals surface area contributed by atoms with Gasteiger partial charge in [0.15, 0.2) is 0 Å². The topological polar surface area (TPSA) is 56.5 Å². The van der Waals surface area contributed by atoms with E-state index in [1.807, 2.05) is 42.5 Å². The monoisotopic (exact) mass is 430 g/mol. The van der Waals surface area contributed by atoms with Crippen LogP contribution in [0.3, 0.4) is 0 Å². The average molecular weight is 431 g/mol. The number of benzene rings is 2. The van der Waals surface area contributed by atoms with E-state index in [-0.39, 0.29) is 25.1 Å². The Morgan fingerprint density at radius 1 is 1.20 bits per heavy atom. The molecular weight excluding hydrogens is 400 g/mol. The molecule has 3 unspecified atom stereocenters. The van der Waals surface area contributed by atoms with Crippen molar-refractivity contribution < 1.29 is 14.6 Å². The van der Waals surface area contributed by atoms with E-state index in [1.165, 1.54) is 5.56 Å². The molecule has 4 rings (SSSR count). The minimum absolute atomic E-state index is 0. The Kier molecular flexibility index (Phi) is 7.75. The van der Waals surface area contributed by atoms with Gasteiger partial charge in [-0.05, 0) is 48.9 Å². The van der Waals surface area contributed by atoms with Crippen molar-refractivity contribution in [3.05, 3.63) is 59.9 Å². The number of aliphatic hydroxyl groups is 1. The van der Waals surface area contributed by atoms with E-state index in [1.54, 1.807) is 0 Å². The van der Waals surface area contributed by atoms with E-state index in [0.29, 0.717) is 12.5 Å². The zero-order valence-electron chi connectivity index (χ0n) is 17.7. The first kappa shape index (κ1) is 22.6. The van der Waals surface area contributed by atoms with Crippen LogP contribution >= 0.6 is 12.4 Å². The van der Waals surface area contributed by atoms with Crippen LogP contribution in [0.1, 0.15) is 56.5 Å². The first-order valence-electron chi connectivity index (χ1n) is 10.6. The Hall–Kier alpha value is -2.08. The predicted octanol–water partition coefficient (Wildman–Crippen LogP) is 5.26. The second-order valence-corrected chi connectivity index (χ2v) is 7.88. The van der Waals surface area contributed by atoms with Gasteiger partial charge in [0.05, 0.1) is 17.6 Å². The zero-order chi connectivity index (χ0) is 20.2. The summed E-state index contributed by atoms with van der Waals surface area (Å²) in [7, 11) is 0. The second kappa shape index (κ2) is 10.3. The van der Waals surface area contributed by atoms with Crippen molar-refractivity contribution in [1.82, 2.24) is 9.55 Å². The number of fused-ring (bicyclic) bond motifs is 1. The SMILES string of the molecule is CCC(C)c1ccccc1OCC(O)Cn1c(C2CCCO2)nc2ccccc21.Cl. The largest absolute Gasteiger partial charge is 0.491 e. The number of rotatable bonds is 8. The minimum Gasteiger partial charge on any atom is -0.491 e. The maximum atomic E-state index is 10.8. The highest BCUT2D eigenvalue weighted by Crippen LogP contribution is 2.31. The van der Waals surface area contributed by atoms with Crippen molar-refractivity contribution in [3.8, 4) is 5.75 Å². The first-order valence-corrected chi connectivity index (χ1v) is 10.6. The first-order chi connectivity index (χ1) is 14.2. The summed E-state index contributed by atoms with van der Waals surface area (Å²) in [5, 5.41) is 10.8. The summed E-state index contributed by atoms with van der Waals surface area (Å²) in [6.07, 6.45) is 2.43. The number of aromatic nitrogens is 2. The van der Waals surface area contributed by atoms with Crippen molar-refractivity contribution >= 4 is 23.4 Å². The van der Waals surface area contributed by atoms with Gasteiger partial charge in [-0.15, -0.1) is 12.4 Å². The van der Waals surface area contributed by atoms with Gasteiger partial charge in [-0.3, -0.25) is 0 Å². The summed E-state index contributed by atoms with van der Waals surface area (Å²) in [5.41, 5.74) is 3.15. The lowest BCUT2D eigenvalue weighted by atomic mass is 9.98. The lowest BCUT2D eigenvalue weighted by molar-refractivity contribution is 0.0802. The Morgan fingerprint density at radius 3 is 2.73 bits per heavy atom. The number of hydrogen-bond acceptors (Lipinski definition) is 4. The molecule has 30 heavy (non-hydrogen) atoms.